The van der Waals surface area contributed by atoms with Crippen molar-refractivity contribution in [2.24, 2.45) is 0 Å². The van der Waals surface area contributed by atoms with E-state index in [4.69, 9.17) is 0 Å². The third-order valence-corrected chi connectivity index (χ3v) is 3.63. The minimum atomic E-state index is -0.114. The van der Waals surface area contributed by atoms with Crippen LogP contribution in [0.1, 0.15) is 29.6 Å². The van der Waals surface area contributed by atoms with Crippen molar-refractivity contribution in [3.8, 4) is 0 Å². The van der Waals surface area contributed by atoms with Gasteiger partial charge in [-0.15, -0.1) is 6.58 Å². The van der Waals surface area contributed by atoms with Gasteiger partial charge in [0.15, 0.2) is 0 Å². The highest BCUT2D eigenvalue weighted by atomic mass is 16.2. The monoisotopic (exact) mass is 301 g/mol. The van der Waals surface area contributed by atoms with Gasteiger partial charge >= 0.3 is 0 Å². The number of carbonyl (C=O) groups is 2. The van der Waals surface area contributed by atoms with Gasteiger partial charge in [0, 0.05) is 30.9 Å². The van der Waals surface area contributed by atoms with Crippen LogP contribution in [0.15, 0.2) is 36.9 Å². The van der Waals surface area contributed by atoms with Gasteiger partial charge in [0.05, 0.1) is 6.54 Å². The Morgan fingerprint density at radius 1 is 1.14 bits per heavy atom. The maximum absolute atomic E-state index is 12.3. The van der Waals surface area contributed by atoms with Crippen LogP contribution in [0, 0.1) is 0 Å². The van der Waals surface area contributed by atoms with Crippen LogP contribution in [0.3, 0.4) is 0 Å². The number of piperidine rings is 1. The molecule has 0 aliphatic carbocycles. The molecule has 1 aliphatic heterocycles. The van der Waals surface area contributed by atoms with Crippen molar-refractivity contribution in [1.82, 2.24) is 10.2 Å². The summed E-state index contributed by atoms with van der Waals surface area (Å²) >= 11 is 0. The minimum Gasteiger partial charge on any atom is -0.339 e. The molecule has 5 nitrogen and oxygen atoms in total. The van der Waals surface area contributed by atoms with Crippen LogP contribution in [0.5, 0.6) is 0 Å². The van der Waals surface area contributed by atoms with Crippen molar-refractivity contribution in [2.45, 2.75) is 19.3 Å². The van der Waals surface area contributed by atoms with Crippen LogP contribution in [0.2, 0.25) is 0 Å². The largest absolute Gasteiger partial charge is 0.339 e. The quantitative estimate of drug-likeness (QED) is 0.624. The Bertz CT molecular complexity index is 519. The van der Waals surface area contributed by atoms with Crippen molar-refractivity contribution in [3.05, 3.63) is 42.5 Å². The predicted octanol–water partition coefficient (Wildman–Crippen LogP) is 2.03. The van der Waals surface area contributed by atoms with E-state index >= 15 is 0 Å². The summed E-state index contributed by atoms with van der Waals surface area (Å²) in [5.74, 6) is -0.0396. The van der Waals surface area contributed by atoms with E-state index in [2.05, 4.69) is 17.2 Å². The molecule has 0 atom stereocenters. The zero-order valence-electron chi connectivity index (χ0n) is 12.8. The second kappa shape index (κ2) is 8.34. The predicted molar refractivity (Wildman–Crippen MR) is 87.9 cm³/mol. The summed E-state index contributed by atoms with van der Waals surface area (Å²) in [6.07, 6.45) is 5.07. The number of benzene rings is 1. The van der Waals surface area contributed by atoms with Crippen molar-refractivity contribution >= 4 is 17.5 Å². The number of hydrogen-bond acceptors (Lipinski definition) is 3. The van der Waals surface area contributed by atoms with Gasteiger partial charge in [-0.05, 0) is 43.5 Å². The van der Waals surface area contributed by atoms with Gasteiger partial charge < -0.3 is 15.5 Å². The zero-order valence-corrected chi connectivity index (χ0v) is 12.8. The average molecular weight is 301 g/mol. The average Bonchev–Trinajstić information content (AvgIpc) is 2.56. The van der Waals surface area contributed by atoms with Crippen LogP contribution in [-0.2, 0) is 4.79 Å². The van der Waals surface area contributed by atoms with E-state index in [0.29, 0.717) is 17.8 Å². The molecule has 0 unspecified atom stereocenters. The van der Waals surface area contributed by atoms with Gasteiger partial charge in [-0.25, -0.2) is 0 Å². The Labute approximate surface area is 131 Å². The van der Waals surface area contributed by atoms with Gasteiger partial charge in [0.2, 0.25) is 5.91 Å². The lowest BCUT2D eigenvalue weighted by atomic mass is 10.1. The summed E-state index contributed by atoms with van der Waals surface area (Å²) < 4.78 is 0. The van der Waals surface area contributed by atoms with Crippen LogP contribution < -0.4 is 10.6 Å². The van der Waals surface area contributed by atoms with Gasteiger partial charge in [0.25, 0.3) is 5.91 Å². The van der Waals surface area contributed by atoms with Crippen molar-refractivity contribution in [3.63, 3.8) is 0 Å². The lowest BCUT2D eigenvalue weighted by Gasteiger charge is -2.26. The smallest absolute Gasteiger partial charge is 0.253 e. The third-order valence-electron chi connectivity index (χ3n) is 3.63. The first-order valence-corrected chi connectivity index (χ1v) is 7.71. The SMILES string of the molecule is C=CCNCC(=O)Nc1ccc(C(=O)N2CCCCC2)cc1. The van der Waals surface area contributed by atoms with E-state index in [0.717, 1.165) is 25.9 Å². The van der Waals surface area contributed by atoms with Crippen LogP contribution in [0.4, 0.5) is 5.69 Å². The molecule has 0 bridgehead atoms. The summed E-state index contributed by atoms with van der Waals surface area (Å²) in [6.45, 7) is 6.09. The molecule has 2 N–H and O–H groups in total. The second-order valence-corrected chi connectivity index (χ2v) is 5.40. The standard InChI is InChI=1S/C17H23N3O2/c1-2-10-18-13-16(21)19-15-8-6-14(7-9-15)17(22)20-11-4-3-5-12-20/h2,6-9,18H,1,3-5,10-13H2,(H,19,21). The first-order valence-electron chi connectivity index (χ1n) is 7.71. The van der Waals surface area contributed by atoms with Gasteiger partial charge in [-0.3, -0.25) is 9.59 Å². The summed E-state index contributed by atoms with van der Waals surface area (Å²) in [4.78, 5) is 25.9. The highest BCUT2D eigenvalue weighted by molar-refractivity contribution is 5.96. The maximum Gasteiger partial charge on any atom is 0.253 e. The molecular formula is C17H23N3O2. The number of carbonyl (C=O) groups excluding carboxylic acids is 2. The number of hydrogen-bond donors (Lipinski definition) is 2. The molecule has 1 saturated heterocycles. The lowest BCUT2D eigenvalue weighted by Crippen LogP contribution is -2.35. The van der Waals surface area contributed by atoms with E-state index < -0.39 is 0 Å². The topological polar surface area (TPSA) is 61.4 Å². The van der Waals surface area contributed by atoms with Crippen LogP contribution in [0.25, 0.3) is 0 Å². The number of rotatable bonds is 6. The molecular weight excluding hydrogens is 278 g/mol. The van der Waals surface area contributed by atoms with E-state index in [1.807, 2.05) is 4.90 Å². The highest BCUT2D eigenvalue weighted by Gasteiger charge is 2.17. The molecule has 0 spiro atoms. The number of nitrogens with zero attached hydrogens (tertiary/aromatic N) is 1. The van der Waals surface area contributed by atoms with E-state index in [-0.39, 0.29) is 18.4 Å². The summed E-state index contributed by atoms with van der Waals surface area (Å²) in [5, 5.41) is 5.72. The Balaban J connectivity index is 1.88. The molecule has 0 radical (unpaired) electrons. The molecule has 118 valence electrons. The van der Waals surface area contributed by atoms with Gasteiger partial charge in [0.1, 0.15) is 0 Å². The fourth-order valence-corrected chi connectivity index (χ4v) is 2.47. The van der Waals surface area contributed by atoms with Crippen molar-refractivity contribution in [1.29, 1.82) is 0 Å². The maximum atomic E-state index is 12.3. The van der Waals surface area contributed by atoms with E-state index in [9.17, 15) is 9.59 Å². The fraction of sp³-hybridized carbons (Fsp3) is 0.412. The molecule has 1 aromatic carbocycles. The Morgan fingerprint density at radius 2 is 1.82 bits per heavy atom. The minimum absolute atomic E-state index is 0.0743. The third kappa shape index (κ3) is 4.70. The Hall–Kier alpha value is -2.14. The lowest BCUT2D eigenvalue weighted by molar-refractivity contribution is -0.115. The molecule has 22 heavy (non-hydrogen) atoms. The Morgan fingerprint density at radius 3 is 2.45 bits per heavy atom. The molecule has 1 aliphatic rings. The molecule has 1 heterocycles. The number of anilines is 1. The first kappa shape index (κ1) is 16.2. The number of nitrogens with one attached hydrogen (secondary N) is 2. The normalized spacial score (nSPS) is 14.5. The summed E-state index contributed by atoms with van der Waals surface area (Å²) in [7, 11) is 0. The van der Waals surface area contributed by atoms with E-state index in [1.165, 1.54) is 6.42 Å². The fourth-order valence-electron chi connectivity index (χ4n) is 2.47. The highest BCUT2D eigenvalue weighted by Crippen LogP contribution is 2.15. The van der Waals surface area contributed by atoms with Crippen LogP contribution >= 0.6 is 0 Å². The molecule has 0 aromatic heterocycles. The molecule has 2 rings (SSSR count). The van der Waals surface area contributed by atoms with Crippen molar-refractivity contribution in [2.75, 3.05) is 31.5 Å². The van der Waals surface area contributed by atoms with Crippen LogP contribution in [-0.4, -0.2) is 42.9 Å². The molecule has 0 saturated carbocycles. The summed E-state index contributed by atoms with van der Waals surface area (Å²) in [6, 6.07) is 7.07. The molecule has 5 heteroatoms. The molecule has 2 amide bonds. The van der Waals surface area contributed by atoms with Crippen molar-refractivity contribution < 1.29 is 9.59 Å². The second-order valence-electron chi connectivity index (χ2n) is 5.40. The zero-order chi connectivity index (χ0) is 15.8. The van der Waals surface area contributed by atoms with Gasteiger partial charge in [-0.2, -0.15) is 0 Å². The van der Waals surface area contributed by atoms with E-state index in [1.54, 1.807) is 30.3 Å². The number of amides is 2. The first-order chi connectivity index (χ1) is 10.7. The Kier molecular flexibility index (Phi) is 6.15. The van der Waals surface area contributed by atoms with Gasteiger partial charge in [-0.1, -0.05) is 6.08 Å². The number of likely N-dealkylation sites (tertiary alicyclic amines) is 1. The molecule has 1 aromatic rings. The summed E-state index contributed by atoms with van der Waals surface area (Å²) in [5.41, 5.74) is 1.37. The molecule has 1 fully saturated rings.